The van der Waals surface area contributed by atoms with Crippen molar-refractivity contribution in [1.82, 2.24) is 29.8 Å². The Morgan fingerprint density at radius 1 is 1.15 bits per heavy atom. The van der Waals surface area contributed by atoms with E-state index in [4.69, 9.17) is 11.6 Å². The summed E-state index contributed by atoms with van der Waals surface area (Å²) in [5.74, 6) is 0.721. The van der Waals surface area contributed by atoms with E-state index in [9.17, 15) is 0 Å². The maximum atomic E-state index is 6.23. The zero-order valence-corrected chi connectivity index (χ0v) is 15.6. The zero-order chi connectivity index (χ0) is 17.9. The SMILES string of the molecule is CCn1ncc(Cl)c1-c1nnc(Nc2ccn(Cc3ccccc3)n2)s1. The van der Waals surface area contributed by atoms with Crippen LogP contribution in [0.3, 0.4) is 0 Å². The number of nitrogens with zero attached hydrogens (tertiary/aromatic N) is 6. The van der Waals surface area contributed by atoms with Crippen molar-refractivity contribution in [3.05, 3.63) is 59.4 Å². The molecular weight excluding hydrogens is 370 g/mol. The van der Waals surface area contributed by atoms with E-state index in [1.54, 1.807) is 10.9 Å². The Labute approximate surface area is 159 Å². The third-order valence-corrected chi connectivity index (χ3v) is 4.91. The topological polar surface area (TPSA) is 73.5 Å². The fraction of sp³-hybridized carbons (Fsp3) is 0.176. The van der Waals surface area contributed by atoms with Gasteiger partial charge in [-0.25, -0.2) is 0 Å². The molecule has 26 heavy (non-hydrogen) atoms. The molecule has 132 valence electrons. The molecule has 0 amide bonds. The number of aryl methyl sites for hydroxylation is 1. The molecule has 0 saturated carbocycles. The monoisotopic (exact) mass is 385 g/mol. The molecule has 1 aromatic carbocycles. The van der Waals surface area contributed by atoms with Crippen LogP contribution in [0, 0.1) is 0 Å². The molecule has 3 heterocycles. The van der Waals surface area contributed by atoms with Gasteiger partial charge in [-0.05, 0) is 12.5 Å². The molecule has 0 bridgehead atoms. The van der Waals surface area contributed by atoms with Crippen molar-refractivity contribution in [1.29, 1.82) is 0 Å². The minimum atomic E-state index is 0.571. The van der Waals surface area contributed by atoms with Gasteiger partial charge in [0.25, 0.3) is 0 Å². The molecule has 0 aliphatic carbocycles. The van der Waals surface area contributed by atoms with Gasteiger partial charge >= 0.3 is 0 Å². The highest BCUT2D eigenvalue weighted by molar-refractivity contribution is 7.18. The van der Waals surface area contributed by atoms with Crippen LogP contribution in [0.15, 0.2) is 48.8 Å². The lowest BCUT2D eigenvalue weighted by molar-refractivity contribution is 0.666. The molecule has 1 N–H and O–H groups in total. The highest BCUT2D eigenvalue weighted by Gasteiger charge is 2.16. The number of rotatable bonds is 6. The van der Waals surface area contributed by atoms with Crippen LogP contribution in [0.1, 0.15) is 12.5 Å². The fourth-order valence-corrected chi connectivity index (χ4v) is 3.68. The third kappa shape index (κ3) is 3.47. The lowest BCUT2D eigenvalue weighted by atomic mass is 10.2. The summed E-state index contributed by atoms with van der Waals surface area (Å²) in [6, 6.07) is 12.1. The van der Waals surface area contributed by atoms with Crippen LogP contribution in [0.2, 0.25) is 5.02 Å². The van der Waals surface area contributed by atoms with Crippen molar-refractivity contribution in [2.24, 2.45) is 0 Å². The molecule has 9 heteroatoms. The van der Waals surface area contributed by atoms with Gasteiger partial charge in [-0.15, -0.1) is 10.2 Å². The van der Waals surface area contributed by atoms with E-state index in [-0.39, 0.29) is 0 Å². The van der Waals surface area contributed by atoms with Gasteiger partial charge in [0.15, 0.2) is 10.8 Å². The average Bonchev–Trinajstić information content (AvgIpc) is 3.37. The van der Waals surface area contributed by atoms with E-state index in [2.05, 4.69) is 37.8 Å². The number of halogens is 1. The second kappa shape index (κ2) is 7.27. The Morgan fingerprint density at radius 3 is 2.81 bits per heavy atom. The molecule has 0 radical (unpaired) electrons. The maximum Gasteiger partial charge on any atom is 0.211 e. The van der Waals surface area contributed by atoms with Crippen LogP contribution in [-0.2, 0) is 13.1 Å². The first kappa shape index (κ1) is 16.7. The summed E-state index contributed by atoms with van der Waals surface area (Å²) >= 11 is 7.64. The second-order valence-corrected chi connectivity index (χ2v) is 6.96. The van der Waals surface area contributed by atoms with Gasteiger partial charge in [0.05, 0.1) is 17.8 Å². The Bertz CT molecular complexity index is 1010. The third-order valence-electron chi connectivity index (χ3n) is 3.78. The molecule has 0 saturated heterocycles. The Balaban J connectivity index is 1.49. The van der Waals surface area contributed by atoms with Crippen LogP contribution >= 0.6 is 22.9 Å². The van der Waals surface area contributed by atoms with Crippen molar-refractivity contribution >= 4 is 33.9 Å². The van der Waals surface area contributed by atoms with Gasteiger partial charge < -0.3 is 5.32 Å². The average molecular weight is 386 g/mol. The Hall–Kier alpha value is -2.71. The van der Waals surface area contributed by atoms with Gasteiger partial charge in [0.2, 0.25) is 5.13 Å². The lowest BCUT2D eigenvalue weighted by Gasteiger charge is -2.01. The molecule has 0 atom stereocenters. The summed E-state index contributed by atoms with van der Waals surface area (Å²) in [7, 11) is 0. The molecule has 4 aromatic rings. The molecule has 4 rings (SSSR count). The summed E-state index contributed by atoms with van der Waals surface area (Å²) in [5, 5.41) is 22.3. The molecule has 0 aliphatic heterocycles. The van der Waals surface area contributed by atoms with Crippen LogP contribution in [0.5, 0.6) is 0 Å². The van der Waals surface area contributed by atoms with Gasteiger partial charge in [-0.1, -0.05) is 53.3 Å². The van der Waals surface area contributed by atoms with Crippen LogP contribution in [0.25, 0.3) is 10.7 Å². The van der Waals surface area contributed by atoms with Gasteiger partial charge in [-0.3, -0.25) is 9.36 Å². The van der Waals surface area contributed by atoms with E-state index < -0.39 is 0 Å². The number of hydrogen-bond donors (Lipinski definition) is 1. The van der Waals surface area contributed by atoms with E-state index in [0.717, 1.165) is 23.1 Å². The largest absolute Gasteiger partial charge is 0.313 e. The number of hydrogen-bond acceptors (Lipinski definition) is 6. The first-order valence-corrected chi connectivity index (χ1v) is 9.32. The van der Waals surface area contributed by atoms with Crippen LogP contribution < -0.4 is 5.32 Å². The number of benzene rings is 1. The van der Waals surface area contributed by atoms with E-state index in [1.807, 2.05) is 42.1 Å². The normalized spacial score (nSPS) is 11.0. The van der Waals surface area contributed by atoms with Crippen molar-refractivity contribution < 1.29 is 0 Å². The van der Waals surface area contributed by atoms with Crippen molar-refractivity contribution in [2.45, 2.75) is 20.0 Å². The van der Waals surface area contributed by atoms with E-state index in [1.165, 1.54) is 16.9 Å². The Kier molecular flexibility index (Phi) is 4.68. The van der Waals surface area contributed by atoms with Gasteiger partial charge in [0.1, 0.15) is 5.69 Å². The molecule has 0 spiro atoms. The predicted molar refractivity (Wildman–Crippen MR) is 103 cm³/mol. The summed E-state index contributed by atoms with van der Waals surface area (Å²) < 4.78 is 3.68. The van der Waals surface area contributed by atoms with Crippen molar-refractivity contribution in [2.75, 3.05) is 5.32 Å². The quantitative estimate of drug-likeness (QED) is 0.541. The zero-order valence-electron chi connectivity index (χ0n) is 14.0. The Morgan fingerprint density at radius 2 is 2.00 bits per heavy atom. The van der Waals surface area contributed by atoms with Crippen LogP contribution in [0.4, 0.5) is 10.9 Å². The summed E-state index contributed by atoms with van der Waals surface area (Å²) in [6.07, 6.45) is 3.56. The predicted octanol–water partition coefficient (Wildman–Crippen LogP) is 4.06. The smallest absolute Gasteiger partial charge is 0.211 e. The van der Waals surface area contributed by atoms with E-state index in [0.29, 0.717) is 16.7 Å². The number of anilines is 2. The van der Waals surface area contributed by atoms with Gasteiger partial charge in [-0.2, -0.15) is 10.2 Å². The first-order chi connectivity index (χ1) is 12.7. The molecule has 3 aromatic heterocycles. The molecule has 7 nitrogen and oxygen atoms in total. The maximum absolute atomic E-state index is 6.23. The van der Waals surface area contributed by atoms with Gasteiger partial charge in [0, 0.05) is 18.8 Å². The highest BCUT2D eigenvalue weighted by Crippen LogP contribution is 2.32. The number of aromatic nitrogens is 6. The molecule has 0 fully saturated rings. The lowest BCUT2D eigenvalue weighted by Crippen LogP contribution is -2.01. The summed E-state index contributed by atoms with van der Waals surface area (Å²) in [4.78, 5) is 0. The summed E-state index contributed by atoms with van der Waals surface area (Å²) in [6.45, 7) is 3.44. The number of nitrogens with one attached hydrogen (secondary N) is 1. The molecular formula is C17H16ClN7S. The highest BCUT2D eigenvalue weighted by atomic mass is 35.5. The minimum Gasteiger partial charge on any atom is -0.313 e. The van der Waals surface area contributed by atoms with Crippen LogP contribution in [-0.4, -0.2) is 29.8 Å². The first-order valence-electron chi connectivity index (χ1n) is 8.12. The second-order valence-electron chi connectivity index (χ2n) is 5.58. The van der Waals surface area contributed by atoms with E-state index >= 15 is 0 Å². The fourth-order valence-electron chi connectivity index (χ4n) is 2.58. The standard InChI is InChI=1S/C17H16ClN7S/c1-2-25-15(13(18)10-19-25)16-21-22-17(26-16)20-14-8-9-24(23-14)11-12-6-4-3-5-7-12/h3-10H,2,11H2,1H3,(H,20,22,23). The summed E-state index contributed by atoms with van der Waals surface area (Å²) in [5.41, 5.74) is 1.98. The van der Waals surface area contributed by atoms with Crippen molar-refractivity contribution in [3.8, 4) is 10.7 Å². The molecule has 0 unspecified atom stereocenters. The van der Waals surface area contributed by atoms with Crippen molar-refractivity contribution in [3.63, 3.8) is 0 Å². The molecule has 0 aliphatic rings. The minimum absolute atomic E-state index is 0.571.